The van der Waals surface area contributed by atoms with Gasteiger partial charge in [0.25, 0.3) is 0 Å². The van der Waals surface area contributed by atoms with Gasteiger partial charge in [-0.2, -0.15) is 4.98 Å². The van der Waals surface area contributed by atoms with Crippen molar-refractivity contribution in [3.8, 4) is 0 Å². The zero-order chi connectivity index (χ0) is 15.3. The van der Waals surface area contributed by atoms with E-state index in [9.17, 15) is 4.39 Å². The molecule has 0 atom stereocenters. The predicted octanol–water partition coefficient (Wildman–Crippen LogP) is 4.07. The van der Waals surface area contributed by atoms with E-state index in [1.54, 1.807) is 0 Å². The third-order valence-electron chi connectivity index (χ3n) is 4.22. The van der Waals surface area contributed by atoms with Gasteiger partial charge in [-0.05, 0) is 37.5 Å². The van der Waals surface area contributed by atoms with Gasteiger partial charge in [-0.3, -0.25) is 0 Å². The van der Waals surface area contributed by atoms with Crippen molar-refractivity contribution in [2.24, 2.45) is 11.3 Å². The van der Waals surface area contributed by atoms with Crippen LogP contribution < -0.4 is 10.6 Å². The fourth-order valence-corrected chi connectivity index (χ4v) is 3.45. The van der Waals surface area contributed by atoms with Crippen molar-refractivity contribution in [1.29, 1.82) is 0 Å². The number of anilines is 2. The summed E-state index contributed by atoms with van der Waals surface area (Å²) < 4.78 is 13.9. The van der Waals surface area contributed by atoms with Crippen molar-refractivity contribution in [2.45, 2.75) is 52.9 Å². The maximum absolute atomic E-state index is 13.9. The van der Waals surface area contributed by atoms with E-state index < -0.39 is 0 Å². The molecular weight excluding hydrogens is 267 g/mol. The van der Waals surface area contributed by atoms with Crippen LogP contribution in [-0.4, -0.2) is 23.1 Å². The van der Waals surface area contributed by atoms with Crippen LogP contribution in [0.2, 0.25) is 0 Å². The van der Waals surface area contributed by atoms with E-state index >= 15 is 0 Å². The van der Waals surface area contributed by atoms with E-state index in [2.05, 4.69) is 34.4 Å². The van der Waals surface area contributed by atoms with Gasteiger partial charge in [0.1, 0.15) is 0 Å². The van der Waals surface area contributed by atoms with Crippen LogP contribution >= 0.6 is 0 Å². The highest BCUT2D eigenvalue weighted by Gasteiger charge is 2.34. The molecule has 0 aromatic carbocycles. The highest BCUT2D eigenvalue weighted by Crippen LogP contribution is 2.43. The molecule has 0 saturated heterocycles. The van der Waals surface area contributed by atoms with Gasteiger partial charge in [-0.1, -0.05) is 26.7 Å². The minimum Gasteiger partial charge on any atom is -0.367 e. The third kappa shape index (κ3) is 4.29. The molecule has 0 bridgehead atoms. The average molecular weight is 294 g/mol. The normalized spacial score (nSPS) is 17.2. The Labute approximate surface area is 127 Å². The standard InChI is InChI=1S/C16H27FN4/c1-4-18-15-19-10-13(17)14(21-15)20-11-16(9-12(2)3)7-5-6-8-16/h10,12H,4-9,11H2,1-3H3,(H2,18,19,20,21). The minimum absolute atomic E-state index is 0.296. The van der Waals surface area contributed by atoms with Crippen LogP contribution in [0.25, 0.3) is 0 Å². The first kappa shape index (κ1) is 16.0. The molecule has 0 aliphatic heterocycles. The molecule has 118 valence electrons. The summed E-state index contributed by atoms with van der Waals surface area (Å²) in [7, 11) is 0. The van der Waals surface area contributed by atoms with Crippen LogP contribution in [0.15, 0.2) is 6.20 Å². The Morgan fingerprint density at radius 2 is 2.00 bits per heavy atom. The van der Waals surface area contributed by atoms with Crippen molar-refractivity contribution in [1.82, 2.24) is 9.97 Å². The molecule has 5 heteroatoms. The van der Waals surface area contributed by atoms with Crippen molar-refractivity contribution < 1.29 is 4.39 Å². The van der Waals surface area contributed by atoms with Crippen LogP contribution in [0.5, 0.6) is 0 Å². The third-order valence-corrected chi connectivity index (χ3v) is 4.22. The first-order valence-corrected chi connectivity index (χ1v) is 8.05. The Hall–Kier alpha value is -1.39. The zero-order valence-corrected chi connectivity index (χ0v) is 13.4. The Bertz CT molecular complexity index is 456. The van der Waals surface area contributed by atoms with E-state index in [0.717, 1.165) is 13.1 Å². The monoisotopic (exact) mass is 294 g/mol. The molecule has 2 N–H and O–H groups in total. The molecule has 2 rings (SSSR count). The largest absolute Gasteiger partial charge is 0.367 e. The summed E-state index contributed by atoms with van der Waals surface area (Å²) in [5.41, 5.74) is 0.296. The molecule has 21 heavy (non-hydrogen) atoms. The van der Waals surface area contributed by atoms with E-state index in [0.29, 0.717) is 23.1 Å². The molecule has 0 spiro atoms. The summed E-state index contributed by atoms with van der Waals surface area (Å²) in [6.45, 7) is 8.01. The van der Waals surface area contributed by atoms with Gasteiger partial charge in [-0.15, -0.1) is 0 Å². The molecule has 0 amide bonds. The molecule has 1 fully saturated rings. The fourth-order valence-electron chi connectivity index (χ4n) is 3.45. The quantitative estimate of drug-likeness (QED) is 0.796. The Balaban J connectivity index is 2.05. The smallest absolute Gasteiger partial charge is 0.224 e. The summed E-state index contributed by atoms with van der Waals surface area (Å²) in [4.78, 5) is 8.16. The van der Waals surface area contributed by atoms with Gasteiger partial charge < -0.3 is 10.6 Å². The Morgan fingerprint density at radius 1 is 1.29 bits per heavy atom. The van der Waals surface area contributed by atoms with E-state index in [-0.39, 0.29) is 5.82 Å². The molecule has 1 aliphatic rings. The molecule has 1 aromatic rings. The predicted molar refractivity (Wildman–Crippen MR) is 85.0 cm³/mol. The maximum Gasteiger partial charge on any atom is 0.224 e. The Morgan fingerprint density at radius 3 is 2.62 bits per heavy atom. The fraction of sp³-hybridized carbons (Fsp3) is 0.750. The second-order valence-electron chi connectivity index (χ2n) is 6.58. The number of nitrogens with one attached hydrogen (secondary N) is 2. The first-order valence-electron chi connectivity index (χ1n) is 8.05. The molecule has 1 aliphatic carbocycles. The van der Waals surface area contributed by atoms with Crippen molar-refractivity contribution in [3.63, 3.8) is 0 Å². The number of aromatic nitrogens is 2. The molecule has 0 unspecified atom stereocenters. The van der Waals surface area contributed by atoms with Crippen molar-refractivity contribution in [2.75, 3.05) is 23.7 Å². The van der Waals surface area contributed by atoms with Crippen LogP contribution in [-0.2, 0) is 0 Å². The molecule has 0 radical (unpaired) electrons. The number of nitrogens with zero attached hydrogens (tertiary/aromatic N) is 2. The average Bonchev–Trinajstić information content (AvgIpc) is 2.88. The lowest BCUT2D eigenvalue weighted by Crippen LogP contribution is -2.29. The summed E-state index contributed by atoms with van der Waals surface area (Å²) in [5, 5.41) is 6.25. The van der Waals surface area contributed by atoms with E-state index in [4.69, 9.17) is 0 Å². The molecular formula is C16H27FN4. The number of rotatable bonds is 7. The van der Waals surface area contributed by atoms with Crippen LogP contribution in [0, 0.1) is 17.2 Å². The lowest BCUT2D eigenvalue weighted by Gasteiger charge is -2.31. The van der Waals surface area contributed by atoms with Crippen molar-refractivity contribution in [3.05, 3.63) is 12.0 Å². The van der Waals surface area contributed by atoms with Crippen molar-refractivity contribution >= 4 is 11.8 Å². The van der Waals surface area contributed by atoms with Gasteiger partial charge in [-0.25, -0.2) is 9.37 Å². The highest BCUT2D eigenvalue weighted by molar-refractivity contribution is 5.41. The maximum atomic E-state index is 13.9. The number of hydrogen-bond acceptors (Lipinski definition) is 4. The highest BCUT2D eigenvalue weighted by atomic mass is 19.1. The van der Waals surface area contributed by atoms with Crippen LogP contribution in [0.3, 0.4) is 0 Å². The first-order chi connectivity index (χ1) is 10.0. The molecule has 1 heterocycles. The van der Waals surface area contributed by atoms with Gasteiger partial charge in [0.05, 0.1) is 6.20 Å². The summed E-state index contributed by atoms with van der Waals surface area (Å²) in [5.74, 6) is 1.08. The second kappa shape index (κ2) is 7.05. The SMILES string of the molecule is CCNc1ncc(F)c(NCC2(CC(C)C)CCCC2)n1. The van der Waals surface area contributed by atoms with Gasteiger partial charge in [0, 0.05) is 13.1 Å². The minimum atomic E-state index is -0.380. The molecule has 1 saturated carbocycles. The summed E-state index contributed by atoms with van der Waals surface area (Å²) >= 11 is 0. The number of hydrogen-bond donors (Lipinski definition) is 2. The van der Waals surface area contributed by atoms with E-state index in [1.165, 1.54) is 38.3 Å². The molecule has 4 nitrogen and oxygen atoms in total. The lowest BCUT2D eigenvalue weighted by atomic mass is 9.78. The zero-order valence-electron chi connectivity index (χ0n) is 13.4. The summed E-state index contributed by atoms with van der Waals surface area (Å²) in [6.07, 6.45) is 7.44. The second-order valence-corrected chi connectivity index (χ2v) is 6.58. The summed E-state index contributed by atoms with van der Waals surface area (Å²) in [6, 6.07) is 0. The van der Waals surface area contributed by atoms with Crippen LogP contribution in [0.4, 0.5) is 16.2 Å². The number of halogens is 1. The van der Waals surface area contributed by atoms with E-state index in [1.807, 2.05) is 6.92 Å². The van der Waals surface area contributed by atoms with Gasteiger partial charge >= 0.3 is 0 Å². The lowest BCUT2D eigenvalue weighted by molar-refractivity contribution is 0.252. The topological polar surface area (TPSA) is 49.8 Å². The van der Waals surface area contributed by atoms with Crippen LogP contribution in [0.1, 0.15) is 52.9 Å². The molecule has 1 aromatic heterocycles. The Kier molecular flexibility index (Phi) is 5.37. The van der Waals surface area contributed by atoms with Gasteiger partial charge in [0.2, 0.25) is 5.95 Å². The van der Waals surface area contributed by atoms with Gasteiger partial charge in [0.15, 0.2) is 11.6 Å².